The summed E-state index contributed by atoms with van der Waals surface area (Å²) in [7, 11) is 0. The van der Waals surface area contributed by atoms with Crippen LogP contribution in [-0.4, -0.2) is 27.1 Å². The van der Waals surface area contributed by atoms with E-state index in [1.807, 2.05) is 0 Å². The van der Waals surface area contributed by atoms with Crippen molar-refractivity contribution in [1.82, 2.24) is 15.4 Å². The Morgan fingerprint density at radius 3 is 2.79 bits per heavy atom. The summed E-state index contributed by atoms with van der Waals surface area (Å²) in [5.74, 6) is 0.402. The van der Waals surface area contributed by atoms with Crippen LogP contribution < -0.4 is 4.74 Å². The van der Waals surface area contributed by atoms with Gasteiger partial charge in [0, 0.05) is 12.0 Å². The number of halogens is 3. The number of fused-ring (bicyclic) bond motifs is 2. The number of alkyl halides is 3. The summed E-state index contributed by atoms with van der Waals surface area (Å²) in [4.78, 5) is 0. The number of benzene rings is 2. The van der Waals surface area contributed by atoms with E-state index in [4.69, 9.17) is 4.74 Å². The number of aliphatic hydroxyl groups is 1. The minimum Gasteiger partial charge on any atom is -0.493 e. The first-order chi connectivity index (χ1) is 11.4. The third-order valence-electron chi connectivity index (χ3n) is 4.10. The second-order valence-electron chi connectivity index (χ2n) is 5.58. The van der Waals surface area contributed by atoms with Gasteiger partial charge in [0.1, 0.15) is 16.8 Å². The first kappa shape index (κ1) is 14.9. The first-order valence-corrected chi connectivity index (χ1v) is 7.31. The van der Waals surface area contributed by atoms with Crippen molar-refractivity contribution in [2.24, 2.45) is 0 Å². The van der Waals surface area contributed by atoms with E-state index in [1.165, 1.54) is 18.2 Å². The lowest BCUT2D eigenvalue weighted by Gasteiger charge is -2.23. The Hall–Kier alpha value is -2.61. The molecule has 0 saturated heterocycles. The van der Waals surface area contributed by atoms with E-state index in [0.29, 0.717) is 29.9 Å². The van der Waals surface area contributed by atoms with Gasteiger partial charge in [0.25, 0.3) is 0 Å². The van der Waals surface area contributed by atoms with E-state index in [2.05, 4.69) is 15.4 Å². The summed E-state index contributed by atoms with van der Waals surface area (Å²) in [5.41, 5.74) is 0.0101. The van der Waals surface area contributed by atoms with E-state index >= 15 is 0 Å². The number of hydrogen-bond acceptors (Lipinski definition) is 4. The van der Waals surface area contributed by atoms with Crippen LogP contribution in [0.3, 0.4) is 0 Å². The molecule has 8 heteroatoms. The van der Waals surface area contributed by atoms with Gasteiger partial charge in [-0.1, -0.05) is 18.2 Å². The van der Waals surface area contributed by atoms with Gasteiger partial charge in [-0.25, -0.2) is 0 Å². The largest absolute Gasteiger partial charge is 0.493 e. The molecule has 3 aromatic rings. The average molecular weight is 335 g/mol. The van der Waals surface area contributed by atoms with Gasteiger partial charge in [0.15, 0.2) is 0 Å². The molecule has 0 radical (unpaired) electrons. The third-order valence-corrected chi connectivity index (χ3v) is 4.10. The van der Waals surface area contributed by atoms with E-state index in [9.17, 15) is 18.3 Å². The maximum atomic E-state index is 13.6. The topological polar surface area (TPSA) is 71.0 Å². The van der Waals surface area contributed by atoms with Crippen molar-refractivity contribution >= 4 is 11.0 Å². The summed E-state index contributed by atoms with van der Waals surface area (Å²) in [6.07, 6.45) is -4.78. The van der Waals surface area contributed by atoms with Crippen molar-refractivity contribution in [2.45, 2.75) is 18.7 Å². The number of nitrogens with zero attached hydrogens (tertiary/aromatic N) is 2. The zero-order chi connectivity index (χ0) is 16.9. The van der Waals surface area contributed by atoms with Crippen LogP contribution in [0.25, 0.3) is 22.2 Å². The minimum absolute atomic E-state index is 0.00429. The van der Waals surface area contributed by atoms with Gasteiger partial charge >= 0.3 is 6.18 Å². The van der Waals surface area contributed by atoms with Crippen LogP contribution >= 0.6 is 0 Å². The smallest absolute Gasteiger partial charge is 0.419 e. The van der Waals surface area contributed by atoms with Crippen LogP contribution in [0.15, 0.2) is 30.3 Å². The number of aromatic amines is 1. The fraction of sp³-hybridized carbons (Fsp3) is 0.250. The van der Waals surface area contributed by atoms with Crippen molar-refractivity contribution in [3.05, 3.63) is 41.5 Å². The van der Waals surface area contributed by atoms with Crippen LogP contribution in [0.1, 0.15) is 23.7 Å². The maximum Gasteiger partial charge on any atom is 0.419 e. The Balaban J connectivity index is 1.94. The van der Waals surface area contributed by atoms with Crippen molar-refractivity contribution in [3.8, 4) is 16.9 Å². The van der Waals surface area contributed by atoms with E-state index in [1.54, 1.807) is 12.1 Å². The molecule has 1 aliphatic rings. The number of aliphatic hydroxyl groups excluding tert-OH is 1. The molecule has 1 atom stereocenters. The van der Waals surface area contributed by atoms with Gasteiger partial charge in [0.05, 0.1) is 18.3 Å². The van der Waals surface area contributed by atoms with Crippen LogP contribution in [-0.2, 0) is 6.18 Å². The average Bonchev–Trinajstić information content (AvgIpc) is 3.01. The lowest BCUT2D eigenvalue weighted by molar-refractivity contribution is -0.135. The Morgan fingerprint density at radius 1 is 1.17 bits per heavy atom. The molecule has 2 aromatic carbocycles. The molecular formula is C16H12F3N3O2. The van der Waals surface area contributed by atoms with Crippen LogP contribution in [0.2, 0.25) is 0 Å². The van der Waals surface area contributed by atoms with Crippen molar-refractivity contribution in [1.29, 1.82) is 0 Å². The minimum atomic E-state index is -4.58. The summed E-state index contributed by atoms with van der Waals surface area (Å²) < 4.78 is 46.2. The Labute approximate surface area is 134 Å². The summed E-state index contributed by atoms with van der Waals surface area (Å²) in [6, 6.07) is 7.52. The predicted octanol–water partition coefficient (Wildman–Crippen LogP) is 3.46. The predicted molar refractivity (Wildman–Crippen MR) is 79.4 cm³/mol. The second kappa shape index (κ2) is 5.20. The molecule has 0 amide bonds. The fourth-order valence-corrected chi connectivity index (χ4v) is 2.98. The SMILES string of the molecule is OC1CCOc2cc(-c3ccc4n[nH]nc4c3C(F)(F)F)ccc21. The summed E-state index contributed by atoms with van der Waals surface area (Å²) in [6.45, 7) is 0.325. The Kier molecular flexibility index (Phi) is 3.24. The van der Waals surface area contributed by atoms with Crippen molar-refractivity contribution in [3.63, 3.8) is 0 Å². The van der Waals surface area contributed by atoms with Gasteiger partial charge in [-0.05, 0) is 23.3 Å². The number of ether oxygens (including phenoxy) is 1. The quantitative estimate of drug-likeness (QED) is 0.714. The van der Waals surface area contributed by atoms with Gasteiger partial charge in [-0.15, -0.1) is 0 Å². The number of rotatable bonds is 1. The molecule has 1 aromatic heterocycles. The highest BCUT2D eigenvalue weighted by Crippen LogP contribution is 2.42. The van der Waals surface area contributed by atoms with E-state index < -0.39 is 17.8 Å². The number of aromatic nitrogens is 3. The number of H-pyrrole nitrogens is 1. The zero-order valence-corrected chi connectivity index (χ0v) is 12.3. The lowest BCUT2D eigenvalue weighted by atomic mass is 9.94. The second-order valence-corrected chi connectivity index (χ2v) is 5.58. The van der Waals surface area contributed by atoms with E-state index in [-0.39, 0.29) is 16.6 Å². The third kappa shape index (κ3) is 2.30. The molecule has 0 aliphatic carbocycles. The molecular weight excluding hydrogens is 323 g/mol. The highest BCUT2D eigenvalue weighted by Gasteiger charge is 2.37. The standard InChI is InChI=1S/C16H12F3N3O2/c17-16(18,19)14-9(3-4-11-15(14)21-22-20-11)8-1-2-10-12(23)5-6-24-13(10)7-8/h1-4,7,12,23H,5-6H2,(H,20,21,22). The maximum absolute atomic E-state index is 13.6. The van der Waals surface area contributed by atoms with Gasteiger partial charge < -0.3 is 9.84 Å². The molecule has 0 spiro atoms. The monoisotopic (exact) mass is 335 g/mol. The normalized spacial score (nSPS) is 17.6. The molecule has 2 heterocycles. The van der Waals surface area contributed by atoms with Crippen LogP contribution in [0.4, 0.5) is 13.2 Å². The first-order valence-electron chi connectivity index (χ1n) is 7.31. The fourth-order valence-electron chi connectivity index (χ4n) is 2.98. The molecule has 0 fully saturated rings. The Morgan fingerprint density at radius 2 is 2.00 bits per heavy atom. The van der Waals surface area contributed by atoms with Gasteiger partial charge in [-0.3, -0.25) is 0 Å². The molecule has 124 valence electrons. The molecule has 0 bridgehead atoms. The Bertz CT molecular complexity index is 921. The number of nitrogens with one attached hydrogen (secondary N) is 1. The van der Waals surface area contributed by atoms with Crippen molar-refractivity contribution in [2.75, 3.05) is 6.61 Å². The van der Waals surface area contributed by atoms with Crippen LogP contribution in [0, 0.1) is 0 Å². The van der Waals surface area contributed by atoms with Gasteiger partial charge in [-0.2, -0.15) is 28.6 Å². The highest BCUT2D eigenvalue weighted by molar-refractivity contribution is 5.87. The zero-order valence-electron chi connectivity index (χ0n) is 12.3. The molecule has 0 saturated carbocycles. The molecule has 2 N–H and O–H groups in total. The van der Waals surface area contributed by atoms with Gasteiger partial charge in [0.2, 0.25) is 0 Å². The molecule has 4 rings (SSSR count). The van der Waals surface area contributed by atoms with E-state index in [0.717, 1.165) is 0 Å². The van der Waals surface area contributed by atoms with Crippen LogP contribution in [0.5, 0.6) is 5.75 Å². The highest BCUT2D eigenvalue weighted by atomic mass is 19.4. The molecule has 24 heavy (non-hydrogen) atoms. The number of hydrogen-bond donors (Lipinski definition) is 2. The molecule has 1 aliphatic heterocycles. The lowest BCUT2D eigenvalue weighted by Crippen LogP contribution is -2.14. The van der Waals surface area contributed by atoms with Crippen molar-refractivity contribution < 1.29 is 23.0 Å². The summed E-state index contributed by atoms with van der Waals surface area (Å²) in [5, 5.41) is 19.5. The molecule has 1 unspecified atom stereocenters. The molecule has 5 nitrogen and oxygen atoms in total. The summed E-state index contributed by atoms with van der Waals surface area (Å²) >= 11 is 0.